The van der Waals surface area contributed by atoms with E-state index in [0.29, 0.717) is 25.1 Å². The van der Waals surface area contributed by atoms with Crippen LogP contribution in [0.5, 0.6) is 0 Å². The minimum Gasteiger partial charge on any atom is -0.355 e. The van der Waals surface area contributed by atoms with Gasteiger partial charge in [0.25, 0.3) is 0 Å². The maximum atomic E-state index is 13.2. The summed E-state index contributed by atoms with van der Waals surface area (Å²) in [5.74, 6) is 1.99. The van der Waals surface area contributed by atoms with Crippen molar-refractivity contribution >= 4 is 5.91 Å². The molecule has 0 unspecified atom stereocenters. The quantitative estimate of drug-likeness (QED) is 0.562. The molecule has 0 bridgehead atoms. The van der Waals surface area contributed by atoms with Crippen molar-refractivity contribution in [2.24, 2.45) is 0 Å². The van der Waals surface area contributed by atoms with Crippen molar-refractivity contribution in [3.8, 4) is 12.3 Å². The average Bonchev–Trinajstić information content (AvgIpc) is 2.32. The van der Waals surface area contributed by atoms with E-state index in [2.05, 4.69) is 16.6 Å². The van der Waals surface area contributed by atoms with E-state index in [-0.39, 0.29) is 18.3 Å². The van der Waals surface area contributed by atoms with Gasteiger partial charge in [-0.25, -0.2) is 4.39 Å². The normalized spacial score (nSPS) is 9.65. The van der Waals surface area contributed by atoms with Crippen LogP contribution >= 0.6 is 0 Å². The summed E-state index contributed by atoms with van der Waals surface area (Å²) in [6.45, 7) is 0.958. The van der Waals surface area contributed by atoms with E-state index in [1.807, 2.05) is 0 Å². The molecule has 0 fully saturated rings. The lowest BCUT2D eigenvalue weighted by molar-refractivity contribution is -0.120. The third-order valence-corrected chi connectivity index (χ3v) is 2.19. The number of carbonyl (C=O) groups excluding carboxylic acids is 1. The third kappa shape index (κ3) is 5.14. The molecule has 17 heavy (non-hydrogen) atoms. The highest BCUT2D eigenvalue weighted by Gasteiger charge is 2.02. The van der Waals surface area contributed by atoms with Crippen LogP contribution in [-0.2, 0) is 11.2 Å². The molecule has 4 heteroatoms. The second-order valence-corrected chi connectivity index (χ2v) is 3.50. The minimum atomic E-state index is -0.243. The number of hydrogen-bond donors (Lipinski definition) is 2. The second-order valence-electron chi connectivity index (χ2n) is 3.50. The Labute approximate surface area is 100 Å². The number of carbonyl (C=O) groups is 1. The van der Waals surface area contributed by atoms with Crippen molar-refractivity contribution in [3.63, 3.8) is 0 Å². The van der Waals surface area contributed by atoms with Crippen molar-refractivity contribution in [1.29, 1.82) is 0 Å². The number of amides is 1. The van der Waals surface area contributed by atoms with E-state index in [9.17, 15) is 9.18 Å². The summed E-state index contributed by atoms with van der Waals surface area (Å²) >= 11 is 0. The van der Waals surface area contributed by atoms with Crippen LogP contribution in [0.2, 0.25) is 0 Å². The summed E-state index contributed by atoms with van der Waals surface area (Å²) in [4.78, 5) is 11.3. The maximum Gasteiger partial charge on any atom is 0.233 e. The van der Waals surface area contributed by atoms with Crippen LogP contribution in [-0.4, -0.2) is 25.5 Å². The number of hydrogen-bond acceptors (Lipinski definition) is 2. The first kappa shape index (κ1) is 13.2. The minimum absolute atomic E-state index is 0.142. The largest absolute Gasteiger partial charge is 0.355 e. The lowest BCUT2D eigenvalue weighted by Gasteiger charge is -2.06. The van der Waals surface area contributed by atoms with Gasteiger partial charge in [-0.2, -0.15) is 0 Å². The number of halogens is 1. The first-order chi connectivity index (χ1) is 8.24. The highest BCUT2D eigenvalue weighted by Crippen LogP contribution is 2.05. The topological polar surface area (TPSA) is 41.1 Å². The molecular weight excluding hydrogens is 219 g/mol. The van der Waals surface area contributed by atoms with Crippen LogP contribution < -0.4 is 10.6 Å². The molecule has 0 aliphatic rings. The molecule has 1 aromatic carbocycles. The molecule has 1 rings (SSSR count). The predicted octanol–water partition coefficient (Wildman–Crippen LogP) is 0.707. The van der Waals surface area contributed by atoms with Gasteiger partial charge in [0, 0.05) is 6.54 Å². The average molecular weight is 234 g/mol. The molecule has 0 aliphatic carbocycles. The Balaban J connectivity index is 2.22. The standard InChI is InChI=1S/C13H15FN2O/c1-2-8-15-10-13(17)16-9-7-11-5-3-4-6-12(11)14/h1,3-6,15H,7-10H2,(H,16,17). The zero-order chi connectivity index (χ0) is 12.5. The van der Waals surface area contributed by atoms with E-state index < -0.39 is 0 Å². The van der Waals surface area contributed by atoms with E-state index >= 15 is 0 Å². The molecule has 0 heterocycles. The Bertz CT molecular complexity index is 412. The first-order valence-corrected chi connectivity index (χ1v) is 5.38. The van der Waals surface area contributed by atoms with E-state index in [4.69, 9.17) is 6.42 Å². The van der Waals surface area contributed by atoms with E-state index in [1.54, 1.807) is 18.2 Å². The fourth-order valence-electron chi connectivity index (χ4n) is 1.35. The fraction of sp³-hybridized carbons (Fsp3) is 0.308. The van der Waals surface area contributed by atoms with Crippen LogP contribution in [0.25, 0.3) is 0 Å². The molecular formula is C13H15FN2O. The molecule has 0 aliphatic heterocycles. The maximum absolute atomic E-state index is 13.2. The molecule has 0 spiro atoms. The van der Waals surface area contributed by atoms with Crippen LogP contribution in [0, 0.1) is 18.2 Å². The van der Waals surface area contributed by atoms with Crippen LogP contribution in [0.3, 0.4) is 0 Å². The molecule has 0 atom stereocenters. The van der Waals surface area contributed by atoms with Crippen molar-refractivity contribution < 1.29 is 9.18 Å². The molecule has 2 N–H and O–H groups in total. The molecule has 1 aromatic rings. The Morgan fingerprint density at radius 3 is 2.88 bits per heavy atom. The monoisotopic (exact) mass is 234 g/mol. The summed E-state index contributed by atoms with van der Waals surface area (Å²) in [6, 6.07) is 6.53. The SMILES string of the molecule is C#CCNCC(=O)NCCc1ccccc1F. The number of nitrogens with one attached hydrogen (secondary N) is 2. The number of rotatable bonds is 6. The Morgan fingerprint density at radius 2 is 2.18 bits per heavy atom. The summed E-state index contributed by atoms with van der Waals surface area (Å²) in [6.07, 6.45) is 5.50. The first-order valence-electron chi connectivity index (χ1n) is 5.38. The van der Waals surface area contributed by atoms with Gasteiger partial charge >= 0.3 is 0 Å². The number of terminal acetylenes is 1. The van der Waals surface area contributed by atoms with Gasteiger partial charge in [-0.15, -0.1) is 6.42 Å². The smallest absolute Gasteiger partial charge is 0.233 e. The summed E-state index contributed by atoms with van der Waals surface area (Å²) < 4.78 is 13.2. The van der Waals surface area contributed by atoms with Gasteiger partial charge in [-0.05, 0) is 18.1 Å². The fourth-order valence-corrected chi connectivity index (χ4v) is 1.35. The van der Waals surface area contributed by atoms with E-state index in [1.165, 1.54) is 6.07 Å². The lowest BCUT2D eigenvalue weighted by Crippen LogP contribution is -2.35. The van der Waals surface area contributed by atoms with Crippen LogP contribution in [0.4, 0.5) is 4.39 Å². The highest BCUT2D eigenvalue weighted by molar-refractivity contribution is 5.77. The van der Waals surface area contributed by atoms with Gasteiger partial charge in [0.15, 0.2) is 0 Å². The molecule has 1 amide bonds. The molecule has 3 nitrogen and oxygen atoms in total. The highest BCUT2D eigenvalue weighted by atomic mass is 19.1. The molecule has 90 valence electrons. The summed E-state index contributed by atoms with van der Waals surface area (Å²) in [5, 5.41) is 5.45. The Kier molecular flexibility index (Phi) is 5.76. The van der Waals surface area contributed by atoms with Crippen LogP contribution in [0.15, 0.2) is 24.3 Å². The van der Waals surface area contributed by atoms with Crippen molar-refractivity contribution in [3.05, 3.63) is 35.6 Å². The molecule has 0 saturated carbocycles. The van der Waals surface area contributed by atoms with Crippen molar-refractivity contribution in [1.82, 2.24) is 10.6 Å². The Hall–Kier alpha value is -1.86. The van der Waals surface area contributed by atoms with Crippen LogP contribution in [0.1, 0.15) is 5.56 Å². The second kappa shape index (κ2) is 7.42. The van der Waals surface area contributed by atoms with Gasteiger partial charge in [0.05, 0.1) is 13.1 Å². The summed E-state index contributed by atoms with van der Waals surface area (Å²) in [7, 11) is 0. The lowest BCUT2D eigenvalue weighted by atomic mass is 10.1. The van der Waals surface area contributed by atoms with Gasteiger partial charge in [0.1, 0.15) is 5.82 Å². The number of benzene rings is 1. The van der Waals surface area contributed by atoms with Gasteiger partial charge in [-0.3, -0.25) is 10.1 Å². The summed E-state index contributed by atoms with van der Waals surface area (Å²) in [5.41, 5.74) is 0.601. The van der Waals surface area contributed by atoms with Crippen molar-refractivity contribution in [2.45, 2.75) is 6.42 Å². The molecule has 0 aromatic heterocycles. The van der Waals surface area contributed by atoms with E-state index in [0.717, 1.165) is 0 Å². The van der Waals surface area contributed by atoms with Gasteiger partial charge < -0.3 is 5.32 Å². The zero-order valence-corrected chi connectivity index (χ0v) is 9.50. The Morgan fingerprint density at radius 1 is 1.41 bits per heavy atom. The van der Waals surface area contributed by atoms with Crippen molar-refractivity contribution in [2.75, 3.05) is 19.6 Å². The zero-order valence-electron chi connectivity index (χ0n) is 9.50. The predicted molar refractivity (Wildman–Crippen MR) is 64.8 cm³/mol. The van der Waals surface area contributed by atoms with Gasteiger partial charge in [-0.1, -0.05) is 24.1 Å². The third-order valence-electron chi connectivity index (χ3n) is 2.19. The van der Waals surface area contributed by atoms with Gasteiger partial charge in [0.2, 0.25) is 5.91 Å². The molecule has 0 saturated heterocycles. The molecule has 0 radical (unpaired) electrons.